The molecule has 10 aromatic rings. The van der Waals surface area contributed by atoms with Crippen LogP contribution in [0.4, 0.5) is 0 Å². The molecule has 0 radical (unpaired) electrons. The highest BCUT2D eigenvalue weighted by molar-refractivity contribution is 6.13. The number of aromatic nitrogens is 1. The van der Waals surface area contributed by atoms with Gasteiger partial charge in [-0.3, -0.25) is 16.0 Å². The van der Waals surface area contributed by atoms with Crippen molar-refractivity contribution in [3.63, 3.8) is 0 Å². The number of furan rings is 2. The first kappa shape index (κ1) is 32.5. The van der Waals surface area contributed by atoms with Gasteiger partial charge in [0.15, 0.2) is 0 Å². The number of hydrogen-bond donors (Lipinski definition) is 3. The van der Waals surface area contributed by atoms with E-state index in [0.717, 1.165) is 72.7 Å². The first-order valence-corrected chi connectivity index (χ1v) is 19.8. The molecule has 12 rings (SSSR count). The Balaban J connectivity index is 0.943. The van der Waals surface area contributed by atoms with Crippen LogP contribution in [0.15, 0.2) is 185 Å². The molecular weight excluding hydrogens is 701 g/mol. The molecule has 274 valence electrons. The van der Waals surface area contributed by atoms with Gasteiger partial charge >= 0.3 is 0 Å². The van der Waals surface area contributed by atoms with Gasteiger partial charge in [-0.1, -0.05) is 133 Å². The van der Waals surface area contributed by atoms with Gasteiger partial charge in [0.1, 0.15) is 22.3 Å². The summed E-state index contributed by atoms with van der Waals surface area (Å²) in [5, 5.41) is 18.5. The molecule has 3 aromatic heterocycles. The second-order valence-electron chi connectivity index (χ2n) is 15.3. The van der Waals surface area contributed by atoms with Crippen molar-refractivity contribution in [2.75, 3.05) is 0 Å². The predicted molar refractivity (Wildman–Crippen MR) is 232 cm³/mol. The maximum atomic E-state index is 6.98. The van der Waals surface area contributed by atoms with Crippen molar-refractivity contribution >= 4 is 65.7 Å². The molecule has 1 aliphatic heterocycles. The highest BCUT2D eigenvalue weighted by Crippen LogP contribution is 2.41. The van der Waals surface area contributed by atoms with Crippen LogP contribution in [0.1, 0.15) is 29.9 Å². The van der Waals surface area contributed by atoms with E-state index in [9.17, 15) is 0 Å². The number of hydrogen-bond acceptors (Lipinski definition) is 5. The number of nitrogens with one attached hydrogen (secondary N) is 3. The zero-order valence-electron chi connectivity index (χ0n) is 31.0. The smallest absolute Gasteiger partial charge is 0.143 e. The topological polar surface area (TPSA) is 67.3 Å². The van der Waals surface area contributed by atoms with Crippen LogP contribution in [0.3, 0.4) is 0 Å². The summed E-state index contributed by atoms with van der Waals surface area (Å²) in [5.74, 6) is 0.320. The Morgan fingerprint density at radius 1 is 0.509 bits per heavy atom. The molecule has 0 bridgehead atoms. The van der Waals surface area contributed by atoms with Crippen molar-refractivity contribution in [1.82, 2.24) is 20.5 Å². The molecule has 6 nitrogen and oxygen atoms in total. The Morgan fingerprint density at radius 3 is 1.98 bits per heavy atom. The summed E-state index contributed by atoms with van der Waals surface area (Å²) >= 11 is 0. The second-order valence-corrected chi connectivity index (χ2v) is 15.3. The molecule has 4 atom stereocenters. The summed E-state index contributed by atoms with van der Waals surface area (Å²) in [6, 6.07) is 53.9. The van der Waals surface area contributed by atoms with E-state index in [1.807, 2.05) is 0 Å². The number of rotatable bonds is 5. The van der Waals surface area contributed by atoms with E-state index >= 15 is 0 Å². The molecule has 0 spiro atoms. The van der Waals surface area contributed by atoms with Crippen molar-refractivity contribution in [2.24, 2.45) is 5.92 Å². The van der Waals surface area contributed by atoms with E-state index in [1.165, 1.54) is 27.4 Å². The van der Waals surface area contributed by atoms with Crippen LogP contribution in [0, 0.1) is 5.92 Å². The number of nitrogens with zero attached hydrogens (tertiary/aromatic N) is 1. The Bertz CT molecular complexity index is 3190. The highest BCUT2D eigenvalue weighted by atomic mass is 16.3. The van der Waals surface area contributed by atoms with Gasteiger partial charge in [0, 0.05) is 61.1 Å². The van der Waals surface area contributed by atoms with Gasteiger partial charge < -0.3 is 13.4 Å². The van der Waals surface area contributed by atoms with Crippen molar-refractivity contribution < 1.29 is 8.83 Å². The van der Waals surface area contributed by atoms with Crippen molar-refractivity contribution in [3.05, 3.63) is 187 Å². The molecule has 1 aliphatic carbocycles. The van der Waals surface area contributed by atoms with Gasteiger partial charge in [-0.05, 0) is 53.9 Å². The van der Waals surface area contributed by atoms with Gasteiger partial charge in [-0.15, -0.1) is 0 Å². The van der Waals surface area contributed by atoms with Crippen molar-refractivity contribution in [3.8, 4) is 16.8 Å². The van der Waals surface area contributed by atoms with Crippen LogP contribution in [0.5, 0.6) is 0 Å². The summed E-state index contributed by atoms with van der Waals surface area (Å²) in [7, 11) is 0. The van der Waals surface area contributed by atoms with Crippen LogP contribution in [0.2, 0.25) is 0 Å². The fourth-order valence-corrected chi connectivity index (χ4v) is 9.35. The Kier molecular flexibility index (Phi) is 7.38. The molecule has 57 heavy (non-hydrogen) atoms. The van der Waals surface area contributed by atoms with Gasteiger partial charge in [0.25, 0.3) is 0 Å². The molecule has 1 saturated heterocycles. The highest BCUT2D eigenvalue weighted by Gasteiger charge is 2.34. The fraction of sp³-hybridized carbons (Fsp3) is 0.0980. The van der Waals surface area contributed by atoms with Gasteiger partial charge in [0.05, 0.1) is 29.5 Å². The maximum Gasteiger partial charge on any atom is 0.143 e. The van der Waals surface area contributed by atoms with Crippen LogP contribution >= 0.6 is 0 Å². The third-order valence-electron chi connectivity index (χ3n) is 12.1. The lowest BCUT2D eigenvalue weighted by molar-refractivity contribution is 0.171. The van der Waals surface area contributed by atoms with Gasteiger partial charge in [0.2, 0.25) is 0 Å². The first-order chi connectivity index (χ1) is 28.2. The number of para-hydroxylation sites is 4. The number of benzene rings is 7. The average molecular weight is 739 g/mol. The molecule has 4 unspecified atom stereocenters. The lowest BCUT2D eigenvalue weighted by Gasteiger charge is -2.42. The third kappa shape index (κ3) is 5.22. The Labute approximate surface area is 328 Å². The summed E-state index contributed by atoms with van der Waals surface area (Å²) in [4.78, 5) is 0. The van der Waals surface area contributed by atoms with E-state index in [1.54, 1.807) is 0 Å². The Hall–Kier alpha value is -6.70. The number of fused-ring (bicyclic) bond motifs is 9. The number of allylic oxidation sites excluding steroid dienone is 3. The summed E-state index contributed by atoms with van der Waals surface area (Å²) in [5.41, 5.74) is 11.3. The molecule has 7 aromatic carbocycles. The minimum absolute atomic E-state index is 0.0365. The lowest BCUT2D eigenvalue weighted by atomic mass is 9.94. The van der Waals surface area contributed by atoms with Crippen LogP contribution in [-0.2, 0) is 0 Å². The van der Waals surface area contributed by atoms with E-state index in [2.05, 4.69) is 196 Å². The van der Waals surface area contributed by atoms with Crippen LogP contribution in [-0.4, -0.2) is 10.7 Å². The summed E-state index contributed by atoms with van der Waals surface area (Å²) in [6.45, 7) is 0. The largest absolute Gasteiger partial charge is 0.456 e. The molecule has 1 fully saturated rings. The standard InChI is InChI=1S/C51H38N4O2/c1-3-13-31(14-4-1)49-52-50(32-15-5-2-6-16-32)54-51(53-49)42-22-12-21-41-40-20-11-19-35(47(40)57-48(41)42)33-25-27-38-39-28-26-34(30-46(39)56-45(38)29-33)55-43-23-9-7-17-36(43)37-18-8-10-24-44(37)55/h1-15,17-30,32,49-54H,16H2. The summed E-state index contributed by atoms with van der Waals surface area (Å²) < 4.78 is 16.0. The lowest BCUT2D eigenvalue weighted by Crippen LogP contribution is -2.61. The molecule has 0 saturated carbocycles. The first-order valence-electron chi connectivity index (χ1n) is 19.8. The zero-order valence-corrected chi connectivity index (χ0v) is 31.0. The van der Waals surface area contributed by atoms with E-state index < -0.39 is 0 Å². The predicted octanol–water partition coefficient (Wildman–Crippen LogP) is 12.2. The molecule has 0 amide bonds. The molecular formula is C51H38N4O2. The molecule has 4 heterocycles. The zero-order chi connectivity index (χ0) is 37.5. The summed E-state index contributed by atoms with van der Waals surface area (Å²) in [6.07, 6.45) is 9.69. The SMILES string of the molecule is C1=CCC(C2NC(c3ccccc3)NC(c3cccc4c3oc3c(-c5ccc6c(c5)oc5cc(-n7c8ccccc8c8ccccc87)ccc56)cccc34)N2)C=C1. The van der Waals surface area contributed by atoms with Gasteiger partial charge in [-0.25, -0.2) is 0 Å². The molecule has 6 heteroatoms. The monoisotopic (exact) mass is 738 g/mol. The van der Waals surface area contributed by atoms with Crippen LogP contribution < -0.4 is 16.0 Å². The normalized spacial score (nSPS) is 19.9. The van der Waals surface area contributed by atoms with Crippen molar-refractivity contribution in [2.45, 2.75) is 24.9 Å². The fourth-order valence-electron chi connectivity index (χ4n) is 9.35. The van der Waals surface area contributed by atoms with E-state index in [4.69, 9.17) is 8.83 Å². The van der Waals surface area contributed by atoms with Crippen molar-refractivity contribution in [1.29, 1.82) is 0 Å². The van der Waals surface area contributed by atoms with Crippen LogP contribution in [0.25, 0.3) is 82.5 Å². The minimum atomic E-state index is -0.146. The van der Waals surface area contributed by atoms with Gasteiger partial charge in [-0.2, -0.15) is 0 Å². The second kappa shape index (κ2) is 12.9. The molecule has 3 N–H and O–H groups in total. The molecule has 2 aliphatic rings. The third-order valence-corrected chi connectivity index (χ3v) is 12.1. The quantitative estimate of drug-likeness (QED) is 0.164. The average Bonchev–Trinajstić information content (AvgIpc) is 3.96. The van der Waals surface area contributed by atoms with E-state index in [0.29, 0.717) is 5.92 Å². The Morgan fingerprint density at radius 2 is 1.19 bits per heavy atom. The maximum absolute atomic E-state index is 6.98. The minimum Gasteiger partial charge on any atom is -0.456 e. The van der Waals surface area contributed by atoms with E-state index in [-0.39, 0.29) is 18.5 Å².